The van der Waals surface area contributed by atoms with Gasteiger partial charge in [-0.05, 0) is 0 Å². The van der Waals surface area contributed by atoms with Crippen molar-refractivity contribution >= 4 is 76.2 Å². The summed E-state index contributed by atoms with van der Waals surface area (Å²) in [5.41, 5.74) is 0. The van der Waals surface area contributed by atoms with Gasteiger partial charge in [0.05, 0.1) is 0 Å². The zero-order valence-electron chi connectivity index (χ0n) is 19.0. The molecule has 0 saturated carbocycles. The standard InChI is InChI=1S/2C8H17.3H2O4S.2Sn/c2*1-3-5-7-8-6-4-2;3*1-5(2,3)4;;/h2*1,3-8H2,2H3;3*(H2,1,2,3,4);;/q;;;;;2*+3/p-6. The second-order valence-corrected chi connectivity index (χ2v) is 11.6. The van der Waals surface area contributed by atoms with Gasteiger partial charge in [-0.15, -0.1) is 0 Å². The molecule has 0 unspecified atom stereocenters. The zero-order valence-corrected chi connectivity index (χ0v) is 27.2. The minimum Gasteiger partial charge on any atom is -0.759 e. The summed E-state index contributed by atoms with van der Waals surface area (Å²) < 4.78 is 105. The van der Waals surface area contributed by atoms with Crippen molar-refractivity contribution in [3.05, 3.63) is 0 Å². The Labute approximate surface area is 227 Å². The van der Waals surface area contributed by atoms with Crippen LogP contribution in [-0.4, -0.2) is 97.6 Å². The molecule has 0 saturated heterocycles. The first-order valence-corrected chi connectivity index (χ1v) is 18.2. The minimum atomic E-state index is -5.17. The number of hydrogen-bond acceptors (Lipinski definition) is 12. The molecule has 0 aromatic carbocycles. The summed E-state index contributed by atoms with van der Waals surface area (Å²) in [4.78, 5) is 0. The van der Waals surface area contributed by atoms with Crippen molar-refractivity contribution in [2.45, 2.75) is 99.8 Å². The Bertz CT molecular complexity index is 548. The van der Waals surface area contributed by atoms with Gasteiger partial charge in [-0.2, -0.15) is 0 Å². The quantitative estimate of drug-likeness (QED) is 0.120. The predicted molar refractivity (Wildman–Crippen MR) is 119 cm³/mol. The van der Waals surface area contributed by atoms with Gasteiger partial charge in [0, 0.05) is 31.2 Å². The predicted octanol–water partition coefficient (Wildman–Crippen LogP) is 1.85. The SMILES string of the molecule is CCCCCCC[CH2][Sn+3].CCCCCCC[CH2][Sn+3].O=S(=O)([O-])[O-].O=S(=O)([O-])[O-].O=S(=O)([O-])[O-]. The van der Waals surface area contributed by atoms with E-state index in [0.717, 1.165) is 0 Å². The third-order valence-electron chi connectivity index (χ3n) is 3.06. The molecular weight excluding hydrogens is 718 g/mol. The molecule has 12 nitrogen and oxygen atoms in total. The number of rotatable bonds is 12. The van der Waals surface area contributed by atoms with Crippen LogP contribution in [0.25, 0.3) is 0 Å². The zero-order chi connectivity index (χ0) is 27.4. The molecule has 0 spiro atoms. The van der Waals surface area contributed by atoms with Crippen LogP contribution in [0.4, 0.5) is 0 Å². The van der Waals surface area contributed by atoms with Crippen LogP contribution in [0.5, 0.6) is 0 Å². The van der Waals surface area contributed by atoms with Crippen molar-refractivity contribution in [3.8, 4) is 0 Å². The summed E-state index contributed by atoms with van der Waals surface area (Å²) in [7, 11) is -15.5. The van der Waals surface area contributed by atoms with E-state index in [9.17, 15) is 0 Å². The minimum absolute atomic E-state index is 1.37. The maximum Gasteiger partial charge on any atom is 0.0311 e. The van der Waals surface area contributed by atoms with E-state index in [1.165, 1.54) is 85.9 Å². The molecule has 0 radical (unpaired) electrons. The van der Waals surface area contributed by atoms with Crippen molar-refractivity contribution in [3.63, 3.8) is 0 Å². The molecule has 0 rings (SSSR count). The van der Waals surface area contributed by atoms with Gasteiger partial charge in [0.15, 0.2) is 0 Å². The van der Waals surface area contributed by atoms with Crippen LogP contribution in [0, 0.1) is 0 Å². The first-order valence-electron chi connectivity index (χ1n) is 10.1. The molecule has 0 aromatic heterocycles. The Morgan fingerprint density at radius 2 is 0.576 bits per heavy atom. The van der Waals surface area contributed by atoms with Gasteiger partial charge in [0.25, 0.3) is 0 Å². The van der Waals surface area contributed by atoms with Gasteiger partial charge >= 0.3 is 145 Å². The van der Waals surface area contributed by atoms with Crippen molar-refractivity contribution in [2.24, 2.45) is 0 Å². The topological polar surface area (TPSA) is 241 Å². The molecule has 0 amide bonds. The Morgan fingerprint density at radius 3 is 0.727 bits per heavy atom. The van der Waals surface area contributed by atoms with Crippen LogP contribution in [0.15, 0.2) is 0 Å². The second-order valence-electron chi connectivity index (χ2n) is 6.26. The summed E-state index contributed by atoms with van der Waals surface area (Å²) in [5.74, 6) is 0. The molecule has 33 heavy (non-hydrogen) atoms. The summed E-state index contributed by atoms with van der Waals surface area (Å²) in [6.45, 7) is 4.54. The maximum absolute atomic E-state index is 8.52. The van der Waals surface area contributed by atoms with Crippen LogP contribution in [-0.2, 0) is 31.2 Å². The summed E-state index contributed by atoms with van der Waals surface area (Å²) in [6.07, 6.45) is 17.4. The van der Waals surface area contributed by atoms with E-state index in [1.54, 1.807) is 45.0 Å². The van der Waals surface area contributed by atoms with Crippen LogP contribution >= 0.6 is 0 Å². The van der Waals surface area contributed by atoms with Crippen LogP contribution in [0.3, 0.4) is 0 Å². The van der Waals surface area contributed by atoms with Crippen LogP contribution < -0.4 is 0 Å². The molecule has 0 atom stereocenters. The van der Waals surface area contributed by atoms with Gasteiger partial charge < -0.3 is 27.3 Å². The molecule has 0 N–H and O–H groups in total. The molecule has 0 fully saturated rings. The summed E-state index contributed by atoms with van der Waals surface area (Å²) in [6, 6.07) is 0. The van der Waals surface area contributed by atoms with Crippen molar-refractivity contribution in [2.75, 3.05) is 0 Å². The number of unbranched alkanes of at least 4 members (excludes halogenated alkanes) is 10. The Morgan fingerprint density at radius 1 is 0.424 bits per heavy atom. The third-order valence-corrected chi connectivity index (χ3v) is 5.08. The first-order chi connectivity index (χ1) is 14.8. The Hall–Kier alpha value is 1.21. The van der Waals surface area contributed by atoms with Gasteiger partial charge in [0.2, 0.25) is 0 Å². The molecule has 0 aliphatic heterocycles. The van der Waals surface area contributed by atoms with E-state index in [4.69, 9.17) is 52.6 Å². The van der Waals surface area contributed by atoms with Crippen molar-refractivity contribution in [1.29, 1.82) is 0 Å². The molecule has 0 aliphatic carbocycles. The van der Waals surface area contributed by atoms with Gasteiger partial charge in [-0.1, -0.05) is 0 Å². The molecule has 0 aromatic rings. The first kappa shape index (κ1) is 44.2. The van der Waals surface area contributed by atoms with Crippen LogP contribution in [0.1, 0.15) is 90.9 Å². The van der Waals surface area contributed by atoms with Crippen molar-refractivity contribution < 1.29 is 52.6 Å². The Kier molecular flexibility index (Phi) is 41.9. The molecule has 0 bridgehead atoms. The molecule has 17 heteroatoms. The van der Waals surface area contributed by atoms with Gasteiger partial charge in [0.1, 0.15) is 0 Å². The fraction of sp³-hybridized carbons (Fsp3) is 1.00. The smallest absolute Gasteiger partial charge is 0.0311 e. The fourth-order valence-corrected chi connectivity index (χ4v) is 3.24. The average molecular weight is 752 g/mol. The van der Waals surface area contributed by atoms with E-state index < -0.39 is 31.2 Å². The normalized spacial score (nSPS) is 10.8. The molecule has 196 valence electrons. The van der Waals surface area contributed by atoms with E-state index in [1.807, 2.05) is 0 Å². The van der Waals surface area contributed by atoms with E-state index in [0.29, 0.717) is 0 Å². The second kappa shape index (κ2) is 31.2. The van der Waals surface area contributed by atoms with Gasteiger partial charge in [-0.25, -0.2) is 0 Å². The largest absolute Gasteiger partial charge is 0.759 e. The molecule has 0 heterocycles. The Balaban J connectivity index is -0.000000102. The summed E-state index contributed by atoms with van der Waals surface area (Å²) >= 11 is 3.42. The van der Waals surface area contributed by atoms with E-state index in [2.05, 4.69) is 13.8 Å². The van der Waals surface area contributed by atoms with Crippen LogP contribution in [0.2, 0.25) is 8.87 Å². The van der Waals surface area contributed by atoms with Gasteiger partial charge in [-0.3, -0.25) is 25.3 Å². The molecular formula is C16H34O12S3Sn2. The monoisotopic (exact) mass is 754 g/mol. The summed E-state index contributed by atoms with van der Waals surface area (Å²) in [5, 5.41) is 0. The number of hydrogen-bond donors (Lipinski definition) is 0. The molecule has 0 aliphatic rings. The van der Waals surface area contributed by atoms with E-state index in [-0.39, 0.29) is 0 Å². The average Bonchev–Trinajstić information content (AvgIpc) is 2.58. The maximum atomic E-state index is 8.52. The third kappa shape index (κ3) is 185. The van der Waals surface area contributed by atoms with Crippen molar-refractivity contribution in [1.82, 2.24) is 0 Å². The van der Waals surface area contributed by atoms with E-state index >= 15 is 0 Å². The fourth-order valence-electron chi connectivity index (χ4n) is 1.81.